The lowest BCUT2D eigenvalue weighted by atomic mass is 9.75. The summed E-state index contributed by atoms with van der Waals surface area (Å²) < 4.78 is 17.5. The highest BCUT2D eigenvalue weighted by Crippen LogP contribution is 2.50. The monoisotopic (exact) mass is 696 g/mol. The van der Waals surface area contributed by atoms with Gasteiger partial charge in [0.1, 0.15) is 5.60 Å². The van der Waals surface area contributed by atoms with E-state index in [0.717, 1.165) is 49.7 Å². The Balaban J connectivity index is 1.55. The first-order valence-corrected chi connectivity index (χ1v) is 17.7. The van der Waals surface area contributed by atoms with E-state index in [1.165, 1.54) is 7.11 Å². The molecule has 2 saturated carbocycles. The Hall–Kier alpha value is -3.84. The lowest BCUT2D eigenvalue weighted by molar-refractivity contribution is -0.114. The molecular formula is C38H56N4O8. The standard InChI is InChI=1S/C38H56N4O8/c1-40-25-38(17-13-27(24-38)21-34(46)49-19-7-18-43)50-33-23-28(22-30(35(33)47)42-36(39)41-2)37(14-4-5-15-37)16-6-8-29(44)11-9-26-10-12-31(45)32(20-26)48-3/h6,8,10,12,20,22-23,27,34,40,43,45-47H,4-5,7,9,11,13-19,21,24-25H2,1-3H3,(H3,39,41,42)/b8-6+/t27-,34-,38-/m1/s1. The summed E-state index contributed by atoms with van der Waals surface area (Å²) in [4.78, 5) is 16.9. The van der Waals surface area contributed by atoms with Crippen molar-refractivity contribution >= 4 is 17.4 Å². The number of aromatic hydroxyl groups is 2. The number of carbonyl (C=O) groups excluding carboxylic acids is 1. The molecule has 0 unspecified atom stereocenters. The SMILES string of the molecule is CN=C(N)Nc1cc(C2(C/C=C/C(=O)CCc3ccc(O)c(OC)c3)CCCC2)cc(O[C@]2(CNC)CC[C@H](C[C@H](O)OCCCO)C2)c1O. The fourth-order valence-corrected chi connectivity index (χ4v) is 7.47. The summed E-state index contributed by atoms with van der Waals surface area (Å²) in [5, 5.41) is 47.2. The molecule has 12 heteroatoms. The van der Waals surface area contributed by atoms with Crippen LogP contribution in [0.5, 0.6) is 23.0 Å². The van der Waals surface area contributed by atoms with Crippen LogP contribution in [0.25, 0.3) is 0 Å². The second-order valence-electron chi connectivity index (χ2n) is 13.7. The molecule has 2 fully saturated rings. The molecule has 2 aromatic carbocycles. The number of allylic oxidation sites excluding steroid dienone is 2. The highest BCUT2D eigenvalue weighted by molar-refractivity contribution is 5.94. The molecule has 0 saturated heterocycles. The Bertz CT molecular complexity index is 1470. The number of guanidine groups is 1. The summed E-state index contributed by atoms with van der Waals surface area (Å²) in [6, 6.07) is 8.97. The topological polar surface area (TPSA) is 188 Å². The van der Waals surface area contributed by atoms with Crippen molar-refractivity contribution in [2.24, 2.45) is 16.6 Å². The number of ether oxygens (including phenoxy) is 3. The van der Waals surface area contributed by atoms with Crippen LogP contribution in [0.15, 0.2) is 47.5 Å². The third kappa shape index (κ3) is 10.3. The number of ketones is 1. The molecule has 2 aromatic rings. The van der Waals surface area contributed by atoms with Crippen LogP contribution in [-0.2, 0) is 21.4 Å². The summed E-state index contributed by atoms with van der Waals surface area (Å²) >= 11 is 0. The van der Waals surface area contributed by atoms with Gasteiger partial charge in [-0.05, 0) is 111 Å². The number of aliphatic hydroxyl groups is 2. The number of methoxy groups -OCH3 is 1. The van der Waals surface area contributed by atoms with Crippen molar-refractivity contribution in [1.82, 2.24) is 5.32 Å². The lowest BCUT2D eigenvalue weighted by Crippen LogP contribution is -2.43. The molecular weight excluding hydrogens is 640 g/mol. The summed E-state index contributed by atoms with van der Waals surface area (Å²) in [6.45, 7) is 0.852. The van der Waals surface area contributed by atoms with Crippen molar-refractivity contribution in [3.05, 3.63) is 53.6 Å². The van der Waals surface area contributed by atoms with Gasteiger partial charge in [-0.1, -0.05) is 25.0 Å². The largest absolute Gasteiger partial charge is 0.504 e. The third-order valence-electron chi connectivity index (χ3n) is 10.1. The van der Waals surface area contributed by atoms with Crippen molar-refractivity contribution in [2.75, 3.05) is 46.3 Å². The van der Waals surface area contributed by atoms with Gasteiger partial charge in [-0.15, -0.1) is 0 Å². The molecule has 50 heavy (non-hydrogen) atoms. The number of carbonyl (C=O) groups is 1. The van der Waals surface area contributed by atoms with Crippen LogP contribution in [0.3, 0.4) is 0 Å². The number of anilines is 1. The number of aliphatic imine (C=N–C) groups is 1. The van der Waals surface area contributed by atoms with Crippen LogP contribution in [0.2, 0.25) is 0 Å². The number of benzene rings is 2. The first kappa shape index (κ1) is 39.0. The maximum Gasteiger partial charge on any atom is 0.192 e. The minimum Gasteiger partial charge on any atom is -0.504 e. The van der Waals surface area contributed by atoms with Crippen molar-refractivity contribution < 1.29 is 39.4 Å². The van der Waals surface area contributed by atoms with Gasteiger partial charge in [0, 0.05) is 33.0 Å². The van der Waals surface area contributed by atoms with E-state index in [2.05, 4.69) is 15.6 Å². The maximum atomic E-state index is 12.9. The number of hydrogen-bond donors (Lipinski definition) is 7. The van der Waals surface area contributed by atoms with E-state index in [-0.39, 0.29) is 41.2 Å². The molecule has 2 aliphatic carbocycles. The van der Waals surface area contributed by atoms with Crippen LogP contribution in [0.4, 0.5) is 5.69 Å². The summed E-state index contributed by atoms with van der Waals surface area (Å²) in [5.74, 6) is 1.06. The molecule has 3 atom stereocenters. The Labute approximate surface area is 295 Å². The van der Waals surface area contributed by atoms with E-state index >= 15 is 0 Å². The van der Waals surface area contributed by atoms with Gasteiger partial charge in [-0.25, -0.2) is 0 Å². The highest BCUT2D eigenvalue weighted by atomic mass is 16.6. The minimum atomic E-state index is -0.917. The summed E-state index contributed by atoms with van der Waals surface area (Å²) in [7, 11) is 4.94. The van der Waals surface area contributed by atoms with Crippen molar-refractivity contribution in [3.8, 4) is 23.0 Å². The van der Waals surface area contributed by atoms with Crippen LogP contribution in [-0.4, -0.2) is 85.0 Å². The van der Waals surface area contributed by atoms with E-state index in [1.807, 2.05) is 25.3 Å². The first-order chi connectivity index (χ1) is 24.1. The number of hydrogen-bond acceptors (Lipinski definition) is 10. The first-order valence-electron chi connectivity index (χ1n) is 17.7. The Kier molecular flexibility index (Phi) is 14.3. The number of nitrogens with zero attached hydrogens (tertiary/aromatic N) is 1. The molecule has 12 nitrogen and oxygen atoms in total. The number of aryl methyl sites for hydroxylation is 1. The minimum absolute atomic E-state index is 0.0124. The normalized spacial score (nSPS) is 21.1. The zero-order valence-corrected chi connectivity index (χ0v) is 29.7. The molecule has 0 heterocycles. The average Bonchev–Trinajstić information content (AvgIpc) is 3.74. The average molecular weight is 697 g/mol. The van der Waals surface area contributed by atoms with E-state index in [9.17, 15) is 20.1 Å². The van der Waals surface area contributed by atoms with Crippen LogP contribution in [0.1, 0.15) is 81.8 Å². The van der Waals surface area contributed by atoms with Gasteiger partial charge in [0.15, 0.2) is 41.0 Å². The zero-order valence-electron chi connectivity index (χ0n) is 29.7. The van der Waals surface area contributed by atoms with Gasteiger partial charge in [0.2, 0.25) is 0 Å². The van der Waals surface area contributed by atoms with E-state index in [4.69, 9.17) is 25.1 Å². The predicted molar refractivity (Wildman–Crippen MR) is 194 cm³/mol. The number of nitrogens with two attached hydrogens (primary N) is 1. The van der Waals surface area contributed by atoms with Crippen LogP contribution >= 0.6 is 0 Å². The molecule has 0 amide bonds. The van der Waals surface area contributed by atoms with E-state index in [0.29, 0.717) is 68.9 Å². The number of likely N-dealkylation sites (N-methyl/N-ethyl adjacent to an activating group) is 1. The molecule has 276 valence electrons. The molecule has 8 N–H and O–H groups in total. The Morgan fingerprint density at radius 1 is 1.16 bits per heavy atom. The summed E-state index contributed by atoms with van der Waals surface area (Å²) in [5.41, 5.74) is 7.48. The number of aliphatic hydroxyl groups excluding tert-OH is 2. The predicted octanol–water partition coefficient (Wildman–Crippen LogP) is 4.67. The van der Waals surface area contributed by atoms with Crippen LogP contribution in [0, 0.1) is 5.92 Å². The Morgan fingerprint density at radius 3 is 2.64 bits per heavy atom. The maximum absolute atomic E-state index is 12.9. The fraction of sp³-hybridized carbons (Fsp3) is 0.579. The second-order valence-corrected chi connectivity index (χ2v) is 13.7. The van der Waals surface area contributed by atoms with Gasteiger partial charge >= 0.3 is 0 Å². The molecule has 0 bridgehead atoms. The lowest BCUT2D eigenvalue weighted by Gasteiger charge is -2.34. The van der Waals surface area contributed by atoms with E-state index < -0.39 is 11.9 Å². The molecule has 0 spiro atoms. The van der Waals surface area contributed by atoms with Gasteiger partial charge < -0.3 is 51.0 Å². The van der Waals surface area contributed by atoms with E-state index in [1.54, 1.807) is 31.3 Å². The Morgan fingerprint density at radius 2 is 1.94 bits per heavy atom. The van der Waals surface area contributed by atoms with Crippen molar-refractivity contribution in [2.45, 2.75) is 94.4 Å². The molecule has 0 aliphatic heterocycles. The smallest absolute Gasteiger partial charge is 0.192 e. The number of phenols is 2. The van der Waals surface area contributed by atoms with Gasteiger partial charge in [0.25, 0.3) is 0 Å². The van der Waals surface area contributed by atoms with Gasteiger partial charge in [-0.3, -0.25) is 9.79 Å². The van der Waals surface area contributed by atoms with Crippen molar-refractivity contribution in [3.63, 3.8) is 0 Å². The fourth-order valence-electron chi connectivity index (χ4n) is 7.47. The number of phenolic OH excluding ortho intramolecular Hbond substituents is 2. The molecule has 0 radical (unpaired) electrons. The van der Waals surface area contributed by atoms with Crippen LogP contribution < -0.4 is 25.8 Å². The number of rotatable bonds is 19. The van der Waals surface area contributed by atoms with Gasteiger partial charge in [0.05, 0.1) is 19.4 Å². The second kappa shape index (κ2) is 18.4. The molecule has 0 aromatic heterocycles. The highest BCUT2D eigenvalue weighted by Gasteiger charge is 2.43. The molecule has 4 rings (SSSR count). The number of nitrogens with one attached hydrogen (secondary N) is 2. The van der Waals surface area contributed by atoms with Crippen molar-refractivity contribution in [1.29, 1.82) is 0 Å². The van der Waals surface area contributed by atoms with Gasteiger partial charge in [-0.2, -0.15) is 0 Å². The molecule has 2 aliphatic rings. The summed E-state index contributed by atoms with van der Waals surface area (Å²) in [6.07, 6.45) is 11.3. The quantitative estimate of drug-likeness (QED) is 0.0270. The third-order valence-corrected chi connectivity index (χ3v) is 10.1. The zero-order chi connectivity index (χ0) is 36.1.